The predicted molar refractivity (Wildman–Crippen MR) is 114 cm³/mol. The third-order valence-corrected chi connectivity index (χ3v) is 7.69. The summed E-state index contributed by atoms with van der Waals surface area (Å²) in [6.45, 7) is 8.52. The number of hydrogen-bond acceptors (Lipinski definition) is 6. The first-order valence-corrected chi connectivity index (χ1v) is 11.9. The number of carbonyl (C=O) groups excluding carboxylic acids is 3. The Morgan fingerprint density at radius 1 is 1.23 bits per heavy atom. The van der Waals surface area contributed by atoms with Crippen LogP contribution in [0.4, 0.5) is 4.79 Å². The zero-order chi connectivity index (χ0) is 21.3. The quantitative estimate of drug-likeness (QED) is 0.719. The molecule has 3 saturated heterocycles. The van der Waals surface area contributed by atoms with Crippen LogP contribution in [0.1, 0.15) is 54.4 Å². The molecular weight excluding hydrogens is 402 g/mol. The van der Waals surface area contributed by atoms with Gasteiger partial charge >= 0.3 is 6.03 Å². The molecule has 0 atom stereocenters. The van der Waals surface area contributed by atoms with Gasteiger partial charge in [0.25, 0.3) is 11.8 Å². The van der Waals surface area contributed by atoms with Crippen molar-refractivity contribution in [3.05, 3.63) is 16.1 Å². The smallest absolute Gasteiger partial charge is 0.325 e. The number of piperidine rings is 2. The number of aryl methyl sites for hydroxylation is 1. The molecule has 3 aliphatic rings. The van der Waals surface area contributed by atoms with E-state index in [2.05, 4.69) is 22.1 Å². The number of thiazole rings is 1. The minimum absolute atomic E-state index is 0.0428. The predicted octanol–water partition coefficient (Wildman–Crippen LogP) is 2.10. The molecule has 3 fully saturated rings. The molecule has 0 unspecified atom stereocenters. The second-order valence-corrected chi connectivity index (χ2v) is 9.63. The van der Waals surface area contributed by atoms with Crippen LogP contribution < -0.4 is 5.32 Å². The van der Waals surface area contributed by atoms with Crippen LogP contribution in [0.2, 0.25) is 0 Å². The summed E-state index contributed by atoms with van der Waals surface area (Å²) in [4.78, 5) is 49.0. The van der Waals surface area contributed by atoms with Gasteiger partial charge < -0.3 is 15.1 Å². The molecule has 0 bridgehead atoms. The topological polar surface area (TPSA) is 85.8 Å². The molecule has 0 saturated carbocycles. The first-order chi connectivity index (χ1) is 14.4. The van der Waals surface area contributed by atoms with E-state index in [4.69, 9.17) is 0 Å². The molecular formula is C21H31N5O3S. The highest BCUT2D eigenvalue weighted by molar-refractivity contribution is 7.11. The number of hydrogen-bond donors (Lipinski definition) is 1. The van der Waals surface area contributed by atoms with E-state index in [0.29, 0.717) is 37.4 Å². The standard InChI is InChI=1S/C21H31N5O3S/c1-3-8-24-11-6-21(7-12-24)19(28)26(20(29)23-21)13-16-4-9-25(10-5-16)18(27)17-15(2)22-14-30-17/h14,16H,3-13H2,1-2H3,(H,23,29). The molecule has 1 N–H and O–H groups in total. The maximum atomic E-state index is 13.2. The van der Waals surface area contributed by atoms with Crippen LogP contribution in [0.25, 0.3) is 0 Å². The Labute approximate surface area is 181 Å². The Morgan fingerprint density at radius 3 is 2.53 bits per heavy atom. The molecule has 4 amide bonds. The molecule has 164 valence electrons. The average Bonchev–Trinajstić information content (AvgIpc) is 3.27. The second-order valence-electron chi connectivity index (χ2n) is 8.77. The summed E-state index contributed by atoms with van der Waals surface area (Å²) in [5.41, 5.74) is 1.78. The molecule has 0 aliphatic carbocycles. The highest BCUT2D eigenvalue weighted by Crippen LogP contribution is 2.31. The number of nitrogens with zero attached hydrogens (tertiary/aromatic N) is 4. The van der Waals surface area contributed by atoms with E-state index >= 15 is 0 Å². The van der Waals surface area contributed by atoms with E-state index in [1.165, 1.54) is 16.2 Å². The third kappa shape index (κ3) is 3.97. The van der Waals surface area contributed by atoms with Crippen molar-refractivity contribution in [1.29, 1.82) is 0 Å². The number of imide groups is 1. The van der Waals surface area contributed by atoms with E-state index in [-0.39, 0.29) is 23.8 Å². The van der Waals surface area contributed by atoms with Gasteiger partial charge in [0.2, 0.25) is 0 Å². The summed E-state index contributed by atoms with van der Waals surface area (Å²) in [7, 11) is 0. The molecule has 1 spiro atoms. The lowest BCUT2D eigenvalue weighted by Gasteiger charge is -2.37. The maximum Gasteiger partial charge on any atom is 0.325 e. The monoisotopic (exact) mass is 433 g/mol. The van der Waals surface area contributed by atoms with Crippen LogP contribution in [0, 0.1) is 12.8 Å². The molecule has 0 radical (unpaired) electrons. The summed E-state index contributed by atoms with van der Waals surface area (Å²) < 4.78 is 0. The number of aromatic nitrogens is 1. The van der Waals surface area contributed by atoms with Gasteiger partial charge in [-0.25, -0.2) is 9.78 Å². The van der Waals surface area contributed by atoms with E-state index in [9.17, 15) is 14.4 Å². The Morgan fingerprint density at radius 2 is 1.93 bits per heavy atom. The van der Waals surface area contributed by atoms with Gasteiger partial charge in [-0.2, -0.15) is 0 Å². The van der Waals surface area contributed by atoms with Crippen LogP contribution in [0.3, 0.4) is 0 Å². The molecule has 30 heavy (non-hydrogen) atoms. The van der Waals surface area contributed by atoms with Crippen LogP contribution in [0.15, 0.2) is 5.51 Å². The fourth-order valence-electron chi connectivity index (χ4n) is 4.88. The Kier molecular flexibility index (Phi) is 6.11. The van der Waals surface area contributed by atoms with Crippen LogP contribution >= 0.6 is 11.3 Å². The van der Waals surface area contributed by atoms with Crippen molar-refractivity contribution in [3.63, 3.8) is 0 Å². The summed E-state index contributed by atoms with van der Waals surface area (Å²) >= 11 is 1.38. The molecule has 0 aromatic carbocycles. The van der Waals surface area contributed by atoms with Gasteiger partial charge in [0, 0.05) is 32.7 Å². The molecule has 3 aliphatic heterocycles. The van der Waals surface area contributed by atoms with E-state index in [0.717, 1.165) is 44.6 Å². The van der Waals surface area contributed by atoms with Gasteiger partial charge in [-0.1, -0.05) is 6.92 Å². The van der Waals surface area contributed by atoms with Crippen LogP contribution in [-0.2, 0) is 4.79 Å². The molecule has 9 heteroatoms. The second kappa shape index (κ2) is 8.63. The van der Waals surface area contributed by atoms with Gasteiger partial charge in [0.05, 0.1) is 11.2 Å². The van der Waals surface area contributed by atoms with Crippen molar-refractivity contribution < 1.29 is 14.4 Å². The van der Waals surface area contributed by atoms with Crippen molar-refractivity contribution in [1.82, 2.24) is 25.0 Å². The number of carbonyl (C=O) groups is 3. The van der Waals surface area contributed by atoms with E-state index in [1.54, 1.807) is 5.51 Å². The van der Waals surface area contributed by atoms with Gasteiger partial charge in [-0.15, -0.1) is 11.3 Å². The number of nitrogens with one attached hydrogen (secondary N) is 1. The highest BCUT2D eigenvalue weighted by Gasteiger charge is 2.52. The zero-order valence-corrected chi connectivity index (χ0v) is 18.7. The summed E-state index contributed by atoms with van der Waals surface area (Å²) in [5.74, 6) is 0.227. The molecule has 4 heterocycles. The third-order valence-electron chi connectivity index (χ3n) is 6.78. The first-order valence-electron chi connectivity index (χ1n) is 11.0. The van der Waals surface area contributed by atoms with Crippen molar-refractivity contribution in [2.45, 2.75) is 51.5 Å². The summed E-state index contributed by atoms with van der Waals surface area (Å²) in [5, 5.41) is 3.01. The van der Waals surface area contributed by atoms with Gasteiger partial charge in [0.15, 0.2) is 0 Å². The summed E-state index contributed by atoms with van der Waals surface area (Å²) in [6.07, 6.45) is 4.09. The lowest BCUT2D eigenvalue weighted by molar-refractivity contribution is -0.133. The van der Waals surface area contributed by atoms with E-state index < -0.39 is 5.54 Å². The minimum Gasteiger partial charge on any atom is -0.338 e. The largest absolute Gasteiger partial charge is 0.338 e. The van der Waals surface area contributed by atoms with E-state index in [1.807, 2.05) is 11.8 Å². The lowest BCUT2D eigenvalue weighted by atomic mass is 9.87. The number of rotatable bonds is 5. The number of urea groups is 1. The van der Waals surface area contributed by atoms with Crippen LogP contribution in [-0.4, -0.2) is 82.3 Å². The molecule has 8 nitrogen and oxygen atoms in total. The van der Waals surface area contributed by atoms with Gasteiger partial charge in [0.1, 0.15) is 10.4 Å². The Balaban J connectivity index is 1.31. The molecule has 1 aromatic rings. The fourth-order valence-corrected chi connectivity index (χ4v) is 5.65. The van der Waals surface area contributed by atoms with Crippen molar-refractivity contribution >= 4 is 29.2 Å². The fraction of sp³-hybridized carbons (Fsp3) is 0.714. The molecule has 1 aromatic heterocycles. The minimum atomic E-state index is -0.707. The van der Waals surface area contributed by atoms with Gasteiger partial charge in [-0.05, 0) is 51.5 Å². The first kappa shape index (κ1) is 21.2. The number of amides is 4. The van der Waals surface area contributed by atoms with Crippen molar-refractivity contribution in [2.75, 3.05) is 39.3 Å². The van der Waals surface area contributed by atoms with Crippen LogP contribution in [0.5, 0.6) is 0 Å². The Hall–Kier alpha value is -2.00. The average molecular weight is 434 g/mol. The maximum absolute atomic E-state index is 13.2. The summed E-state index contributed by atoms with van der Waals surface area (Å²) in [6, 6.07) is -0.247. The highest BCUT2D eigenvalue weighted by atomic mass is 32.1. The zero-order valence-electron chi connectivity index (χ0n) is 17.9. The number of likely N-dealkylation sites (tertiary alicyclic amines) is 2. The van der Waals surface area contributed by atoms with Crippen molar-refractivity contribution in [2.24, 2.45) is 5.92 Å². The normalized spacial score (nSPS) is 22.7. The van der Waals surface area contributed by atoms with Gasteiger partial charge in [-0.3, -0.25) is 14.5 Å². The van der Waals surface area contributed by atoms with Crippen molar-refractivity contribution in [3.8, 4) is 0 Å². The lowest BCUT2D eigenvalue weighted by Crippen LogP contribution is -2.55. The SMILES string of the molecule is CCCN1CCC2(CC1)NC(=O)N(CC1CCN(C(=O)c3scnc3C)CC1)C2=O. The Bertz CT molecular complexity index is 809. The molecule has 4 rings (SSSR count).